The summed E-state index contributed by atoms with van der Waals surface area (Å²) in [6, 6.07) is 0. The largest absolute Gasteiger partial charge is 0.378 e. The lowest BCUT2D eigenvalue weighted by atomic mass is 10.3. The molecule has 0 aliphatic carbocycles. The second-order valence-corrected chi connectivity index (χ2v) is 5.71. The average Bonchev–Trinajstić information content (AvgIpc) is 2.46. The van der Waals surface area contributed by atoms with Gasteiger partial charge in [-0.25, -0.2) is 15.5 Å². The fourth-order valence-corrected chi connectivity index (χ4v) is 2.22. The van der Waals surface area contributed by atoms with Crippen molar-refractivity contribution in [3.05, 3.63) is 0 Å². The molecule has 1 aliphatic rings. The molecular formula is C8H16N8O4S2. The van der Waals surface area contributed by atoms with Gasteiger partial charge in [0.15, 0.2) is 16.5 Å². The Morgan fingerprint density at radius 2 is 1.77 bits per heavy atom. The molecule has 124 valence electrons. The van der Waals surface area contributed by atoms with Gasteiger partial charge < -0.3 is 26.6 Å². The first-order valence-corrected chi connectivity index (χ1v) is 7.40. The molecule has 22 heavy (non-hydrogen) atoms. The van der Waals surface area contributed by atoms with Crippen LogP contribution in [0.15, 0.2) is 10.1 Å². The van der Waals surface area contributed by atoms with Crippen LogP contribution in [0.4, 0.5) is 0 Å². The molecule has 0 bridgehead atoms. The zero-order chi connectivity index (χ0) is 16.5. The molecule has 1 unspecified atom stereocenters. The maximum Gasteiger partial charge on any atom is 0.315 e. The van der Waals surface area contributed by atoms with Crippen molar-refractivity contribution in [2.24, 2.45) is 21.6 Å². The summed E-state index contributed by atoms with van der Waals surface area (Å²) in [5.41, 5.74) is 10.4. The molecule has 1 atom stereocenters. The fourth-order valence-electron chi connectivity index (χ4n) is 1.45. The van der Waals surface area contributed by atoms with Gasteiger partial charge in [-0.3, -0.25) is 15.8 Å². The van der Waals surface area contributed by atoms with E-state index < -0.39 is 6.17 Å². The van der Waals surface area contributed by atoms with E-state index in [0.29, 0.717) is 43.2 Å². The maximum atomic E-state index is 8.75. The Kier molecular flexibility index (Phi) is 7.75. The lowest BCUT2D eigenvalue weighted by Gasteiger charge is -2.31. The van der Waals surface area contributed by atoms with Crippen LogP contribution in [0.2, 0.25) is 0 Å². The number of piperazine rings is 1. The molecule has 14 heteroatoms. The minimum Gasteiger partial charge on any atom is -0.378 e. The smallest absolute Gasteiger partial charge is 0.315 e. The Bertz CT molecular complexity index is 431. The van der Waals surface area contributed by atoms with Crippen molar-refractivity contribution in [3.63, 3.8) is 0 Å². The van der Waals surface area contributed by atoms with Crippen LogP contribution in [0.5, 0.6) is 0 Å². The Morgan fingerprint density at radius 3 is 2.32 bits per heavy atom. The molecule has 1 heterocycles. The number of hydrazone groups is 1. The van der Waals surface area contributed by atoms with E-state index in [1.165, 1.54) is 5.01 Å². The second kappa shape index (κ2) is 9.31. The Hall–Kier alpha value is -1.74. The molecular weight excluding hydrogens is 336 g/mol. The molecule has 0 amide bonds. The summed E-state index contributed by atoms with van der Waals surface area (Å²) in [5, 5.41) is 39.1. The van der Waals surface area contributed by atoms with Gasteiger partial charge in [0.05, 0.1) is 6.54 Å². The van der Waals surface area contributed by atoms with Crippen LogP contribution in [0.1, 0.15) is 0 Å². The van der Waals surface area contributed by atoms with Crippen LogP contribution in [-0.4, -0.2) is 62.1 Å². The summed E-state index contributed by atoms with van der Waals surface area (Å²) in [6.07, 6.45) is -0.611. The topological polar surface area (TPSA) is 199 Å². The van der Waals surface area contributed by atoms with Crippen molar-refractivity contribution in [1.29, 1.82) is 10.8 Å². The summed E-state index contributed by atoms with van der Waals surface area (Å²) in [7, 11) is 0. The lowest BCUT2D eigenvalue weighted by Crippen LogP contribution is -2.48. The first kappa shape index (κ1) is 18.3. The highest BCUT2D eigenvalue weighted by atomic mass is 32.2. The Morgan fingerprint density at radius 1 is 1.18 bits per heavy atom. The maximum absolute atomic E-state index is 8.75. The van der Waals surface area contributed by atoms with Gasteiger partial charge >= 0.3 is 5.23 Å². The number of thioether (sulfide) groups is 2. The number of nitrogens with one attached hydrogen (secondary N) is 3. The van der Waals surface area contributed by atoms with E-state index in [1.807, 2.05) is 0 Å². The lowest BCUT2D eigenvalue weighted by molar-refractivity contribution is -0.152. The van der Waals surface area contributed by atoms with Crippen LogP contribution in [-0.2, 0) is 9.78 Å². The van der Waals surface area contributed by atoms with Gasteiger partial charge in [0, 0.05) is 36.6 Å². The highest BCUT2D eigenvalue weighted by molar-refractivity contribution is 8.26. The first-order valence-electron chi connectivity index (χ1n) is 5.76. The SMILES string of the molecule is N=C(N)SC(=NC1CNCCN1N=C(OO)SC(=N)N)OO. The van der Waals surface area contributed by atoms with E-state index >= 15 is 0 Å². The van der Waals surface area contributed by atoms with Crippen molar-refractivity contribution in [2.45, 2.75) is 6.17 Å². The zero-order valence-corrected chi connectivity index (χ0v) is 12.9. The summed E-state index contributed by atoms with van der Waals surface area (Å²) >= 11 is 1.25. The molecule has 0 aromatic heterocycles. The molecule has 9 N–H and O–H groups in total. The van der Waals surface area contributed by atoms with Crippen molar-refractivity contribution in [1.82, 2.24) is 10.3 Å². The molecule has 0 saturated carbocycles. The number of hydrogen-bond donors (Lipinski definition) is 7. The third-order valence-electron chi connectivity index (χ3n) is 2.20. The Labute approximate surface area is 133 Å². The number of nitrogens with zero attached hydrogens (tertiary/aromatic N) is 3. The minimum atomic E-state index is -0.611. The molecule has 0 aromatic carbocycles. The van der Waals surface area contributed by atoms with Crippen molar-refractivity contribution < 1.29 is 20.3 Å². The normalized spacial score (nSPS) is 19.7. The van der Waals surface area contributed by atoms with Gasteiger partial charge in [-0.05, 0) is 0 Å². The van der Waals surface area contributed by atoms with E-state index in [0.717, 1.165) is 0 Å². The predicted molar refractivity (Wildman–Crippen MR) is 84.7 cm³/mol. The monoisotopic (exact) mass is 352 g/mol. The molecule has 1 saturated heterocycles. The van der Waals surface area contributed by atoms with Gasteiger partial charge in [-0.15, -0.1) is 5.10 Å². The average molecular weight is 352 g/mol. The van der Waals surface area contributed by atoms with E-state index in [4.69, 9.17) is 32.8 Å². The summed E-state index contributed by atoms with van der Waals surface area (Å²) < 4.78 is 0. The third kappa shape index (κ3) is 6.35. The highest BCUT2D eigenvalue weighted by Crippen LogP contribution is 2.13. The predicted octanol–water partition coefficient (Wildman–Crippen LogP) is -0.923. The standard InChI is InChI=1S/C8H16N8O4S2/c9-5(10)21-7(19-17)14-4-3-13-1-2-16(4)15-8(20-18)22-6(11)12/h4,13,17-18H,1-3H2,(H3,9,10)(H3,11,12). The quantitative estimate of drug-likeness (QED) is 0.141. The second-order valence-electron chi connectivity index (χ2n) is 3.72. The molecule has 1 fully saturated rings. The number of hydrogen-bond acceptors (Lipinski definition) is 12. The fraction of sp³-hybridized carbons (Fsp3) is 0.500. The molecule has 1 aliphatic heterocycles. The van der Waals surface area contributed by atoms with Crippen molar-refractivity contribution in [3.8, 4) is 0 Å². The van der Waals surface area contributed by atoms with Crippen LogP contribution in [0.3, 0.4) is 0 Å². The van der Waals surface area contributed by atoms with Crippen LogP contribution >= 0.6 is 23.5 Å². The third-order valence-corrected chi connectivity index (χ3v) is 3.33. The van der Waals surface area contributed by atoms with Crippen LogP contribution < -0.4 is 16.8 Å². The van der Waals surface area contributed by atoms with Gasteiger partial charge in [0.2, 0.25) is 0 Å². The van der Waals surface area contributed by atoms with Gasteiger partial charge in [-0.1, -0.05) is 0 Å². The van der Waals surface area contributed by atoms with E-state index in [9.17, 15) is 0 Å². The van der Waals surface area contributed by atoms with Crippen LogP contribution in [0.25, 0.3) is 0 Å². The molecule has 0 aromatic rings. The zero-order valence-electron chi connectivity index (χ0n) is 11.2. The van der Waals surface area contributed by atoms with Crippen LogP contribution in [0, 0.1) is 10.8 Å². The van der Waals surface area contributed by atoms with E-state index in [2.05, 4.69) is 25.2 Å². The summed E-state index contributed by atoms with van der Waals surface area (Å²) in [4.78, 5) is 12.2. The molecule has 0 radical (unpaired) electrons. The Balaban J connectivity index is 2.90. The van der Waals surface area contributed by atoms with Gasteiger partial charge in [0.25, 0.3) is 5.23 Å². The van der Waals surface area contributed by atoms with Gasteiger partial charge in [-0.2, -0.15) is 0 Å². The van der Waals surface area contributed by atoms with Crippen molar-refractivity contribution in [2.75, 3.05) is 19.6 Å². The van der Waals surface area contributed by atoms with E-state index in [-0.39, 0.29) is 20.8 Å². The summed E-state index contributed by atoms with van der Waals surface area (Å²) in [6.45, 7) is 1.36. The molecule has 0 spiro atoms. The van der Waals surface area contributed by atoms with Gasteiger partial charge in [0.1, 0.15) is 0 Å². The molecule has 12 nitrogen and oxygen atoms in total. The van der Waals surface area contributed by atoms with Crippen molar-refractivity contribution >= 4 is 44.3 Å². The molecule has 1 rings (SSSR count). The number of nitrogens with two attached hydrogens (primary N) is 2. The number of rotatable bonds is 2. The van der Waals surface area contributed by atoms with E-state index in [1.54, 1.807) is 0 Å². The first-order chi connectivity index (χ1) is 10.5. The minimum absolute atomic E-state index is 0.230. The number of amidine groups is 2. The summed E-state index contributed by atoms with van der Waals surface area (Å²) in [5.74, 6) is 0. The number of aliphatic imine (C=N–C) groups is 1. The highest BCUT2D eigenvalue weighted by Gasteiger charge is 2.23.